The van der Waals surface area contributed by atoms with Gasteiger partial charge in [0.2, 0.25) is 0 Å². The first kappa shape index (κ1) is 18.5. The number of anilines is 1. The summed E-state index contributed by atoms with van der Waals surface area (Å²) < 4.78 is 5.53. The van der Waals surface area contributed by atoms with Crippen molar-refractivity contribution in [1.29, 1.82) is 0 Å². The zero-order valence-electron chi connectivity index (χ0n) is 15.1. The van der Waals surface area contributed by atoms with Crippen molar-refractivity contribution in [2.24, 2.45) is 0 Å². The van der Waals surface area contributed by atoms with Gasteiger partial charge < -0.3 is 14.6 Å². The Morgan fingerprint density at radius 1 is 1.15 bits per heavy atom. The summed E-state index contributed by atoms with van der Waals surface area (Å²) in [6, 6.07) is 10.5. The number of hydrogen-bond donors (Lipinski definition) is 2. The van der Waals surface area contributed by atoms with Crippen LogP contribution in [0.25, 0.3) is 11.0 Å². The number of aryl methyl sites for hydroxylation is 1. The van der Waals surface area contributed by atoms with Gasteiger partial charge in [0.25, 0.3) is 11.8 Å². The number of furan rings is 1. The average molecular weight is 382 g/mol. The van der Waals surface area contributed by atoms with Gasteiger partial charge in [0, 0.05) is 31.4 Å². The third-order valence-electron chi connectivity index (χ3n) is 3.78. The van der Waals surface area contributed by atoms with Crippen LogP contribution in [-0.4, -0.2) is 40.9 Å². The number of nitrogens with zero attached hydrogens (tertiary/aromatic N) is 2. The predicted molar refractivity (Wildman–Crippen MR) is 107 cm³/mol. The minimum Gasteiger partial charge on any atom is -0.461 e. The van der Waals surface area contributed by atoms with E-state index < -0.39 is 5.91 Å². The minimum absolute atomic E-state index is 0.160. The molecule has 2 amide bonds. The number of carbonyl (C=O) groups excluding carboxylic acids is 2. The lowest BCUT2D eigenvalue weighted by atomic mass is 10.2. The van der Waals surface area contributed by atoms with Crippen molar-refractivity contribution in [2.45, 2.75) is 6.92 Å². The highest BCUT2D eigenvalue weighted by Crippen LogP contribution is 2.22. The lowest BCUT2D eigenvalue weighted by molar-refractivity contribution is 0.0821. The molecule has 0 radical (unpaired) electrons. The smallest absolute Gasteiger partial charge is 0.271 e. The molecule has 3 aromatic rings. The zero-order valence-corrected chi connectivity index (χ0v) is 15.9. The van der Waals surface area contributed by atoms with Crippen molar-refractivity contribution in [3.8, 4) is 0 Å². The van der Waals surface area contributed by atoms with E-state index in [0.29, 0.717) is 5.56 Å². The number of benzene rings is 1. The van der Waals surface area contributed by atoms with E-state index in [4.69, 9.17) is 16.6 Å². The molecule has 8 heteroatoms. The lowest BCUT2D eigenvalue weighted by Crippen LogP contribution is -2.34. The van der Waals surface area contributed by atoms with Crippen LogP contribution in [-0.2, 0) is 0 Å². The summed E-state index contributed by atoms with van der Waals surface area (Å²) in [5.74, 6) is 0.176. The number of carbonyl (C=O) groups is 2. The van der Waals surface area contributed by atoms with Crippen molar-refractivity contribution in [3.63, 3.8) is 0 Å². The number of fused-ring (bicyclic) bond motifs is 1. The molecule has 27 heavy (non-hydrogen) atoms. The Hall–Kier alpha value is -3.26. The molecule has 0 atom stereocenters. The number of nitrogens with one attached hydrogen (secondary N) is 2. The monoisotopic (exact) mass is 382 g/mol. The Labute approximate surface area is 161 Å². The van der Waals surface area contributed by atoms with E-state index >= 15 is 0 Å². The fourth-order valence-electron chi connectivity index (χ4n) is 2.48. The second-order valence-electron chi connectivity index (χ2n) is 6.15. The van der Waals surface area contributed by atoms with Gasteiger partial charge in [-0.05, 0) is 55.5 Å². The van der Waals surface area contributed by atoms with E-state index in [0.717, 1.165) is 22.4 Å². The summed E-state index contributed by atoms with van der Waals surface area (Å²) in [7, 11) is 3.27. The quantitative estimate of drug-likeness (QED) is 0.677. The molecule has 7 nitrogen and oxygen atoms in total. The Morgan fingerprint density at radius 3 is 2.59 bits per heavy atom. The van der Waals surface area contributed by atoms with Gasteiger partial charge in [0.15, 0.2) is 5.11 Å². The average Bonchev–Trinajstić information content (AvgIpc) is 3.00. The Morgan fingerprint density at radius 2 is 1.93 bits per heavy atom. The summed E-state index contributed by atoms with van der Waals surface area (Å²) in [6.07, 6.45) is 1.34. The Balaban J connectivity index is 1.64. The van der Waals surface area contributed by atoms with Crippen LogP contribution in [0, 0.1) is 6.92 Å². The van der Waals surface area contributed by atoms with Crippen LogP contribution >= 0.6 is 12.2 Å². The third-order valence-corrected chi connectivity index (χ3v) is 3.98. The number of aromatic nitrogens is 1. The molecule has 3 rings (SSSR count). The van der Waals surface area contributed by atoms with E-state index in [1.165, 1.54) is 23.2 Å². The molecule has 0 unspecified atom stereocenters. The van der Waals surface area contributed by atoms with Gasteiger partial charge in [-0.1, -0.05) is 0 Å². The summed E-state index contributed by atoms with van der Waals surface area (Å²) in [4.78, 5) is 29.6. The second-order valence-corrected chi connectivity index (χ2v) is 6.56. The van der Waals surface area contributed by atoms with Crippen LogP contribution in [0.4, 0.5) is 5.69 Å². The molecule has 0 saturated carbocycles. The molecule has 2 N–H and O–H groups in total. The van der Waals surface area contributed by atoms with Crippen molar-refractivity contribution < 1.29 is 14.0 Å². The molecule has 138 valence electrons. The standard InChI is InChI=1S/C19H18N4O3S/c1-11-8-13-9-14(5-7-16(13)26-11)21-19(27)22-17(24)12-4-6-15(20-10-12)18(25)23(2)3/h4-10H,1-3H3,(H2,21,22,24,27). The van der Waals surface area contributed by atoms with Crippen molar-refractivity contribution in [2.75, 3.05) is 19.4 Å². The van der Waals surface area contributed by atoms with Gasteiger partial charge in [-0.25, -0.2) is 0 Å². The SMILES string of the molecule is Cc1cc2cc(NC(=S)NC(=O)c3ccc(C(=O)N(C)C)nc3)ccc2o1. The largest absolute Gasteiger partial charge is 0.461 e. The maximum Gasteiger partial charge on any atom is 0.271 e. The first-order valence-corrected chi connectivity index (χ1v) is 8.54. The summed E-state index contributed by atoms with van der Waals surface area (Å²) in [5.41, 5.74) is 2.08. The number of thiocarbonyl (C=S) groups is 1. The molecule has 0 aliphatic rings. The lowest BCUT2D eigenvalue weighted by Gasteiger charge is -2.11. The molecule has 2 heterocycles. The molecule has 0 fully saturated rings. The van der Waals surface area contributed by atoms with Gasteiger partial charge >= 0.3 is 0 Å². The number of pyridine rings is 1. The molecular formula is C19H18N4O3S. The summed E-state index contributed by atoms with van der Waals surface area (Å²) >= 11 is 5.19. The van der Waals surface area contributed by atoms with Crippen LogP contribution < -0.4 is 10.6 Å². The van der Waals surface area contributed by atoms with Gasteiger partial charge in [-0.3, -0.25) is 19.9 Å². The maximum atomic E-state index is 12.3. The molecular weight excluding hydrogens is 364 g/mol. The van der Waals surface area contributed by atoms with Crippen LogP contribution in [0.3, 0.4) is 0 Å². The summed E-state index contributed by atoms with van der Waals surface area (Å²) in [6.45, 7) is 1.88. The molecule has 0 saturated heterocycles. The van der Waals surface area contributed by atoms with Crippen molar-refractivity contribution >= 4 is 45.8 Å². The van der Waals surface area contributed by atoms with E-state index in [-0.39, 0.29) is 16.7 Å². The number of hydrogen-bond acceptors (Lipinski definition) is 5. The molecule has 0 bridgehead atoms. The molecule has 0 aliphatic carbocycles. The zero-order chi connectivity index (χ0) is 19.6. The number of rotatable bonds is 3. The van der Waals surface area contributed by atoms with E-state index in [1.807, 2.05) is 31.2 Å². The highest BCUT2D eigenvalue weighted by Gasteiger charge is 2.13. The first-order chi connectivity index (χ1) is 12.8. The highest BCUT2D eigenvalue weighted by molar-refractivity contribution is 7.80. The van der Waals surface area contributed by atoms with E-state index in [1.54, 1.807) is 14.1 Å². The predicted octanol–water partition coefficient (Wildman–Crippen LogP) is 2.96. The van der Waals surface area contributed by atoms with Crippen molar-refractivity contribution in [3.05, 3.63) is 59.6 Å². The van der Waals surface area contributed by atoms with E-state index in [2.05, 4.69) is 15.6 Å². The fraction of sp³-hybridized carbons (Fsp3) is 0.158. The van der Waals surface area contributed by atoms with Crippen LogP contribution in [0.15, 0.2) is 47.0 Å². The molecule has 1 aromatic carbocycles. The van der Waals surface area contributed by atoms with Gasteiger partial charge in [-0.2, -0.15) is 0 Å². The van der Waals surface area contributed by atoms with Crippen LogP contribution in [0.5, 0.6) is 0 Å². The van der Waals surface area contributed by atoms with E-state index in [9.17, 15) is 9.59 Å². The summed E-state index contributed by atoms with van der Waals surface area (Å²) in [5, 5.41) is 6.66. The first-order valence-electron chi connectivity index (χ1n) is 8.14. The molecule has 2 aromatic heterocycles. The Kier molecular flexibility index (Phi) is 5.18. The third kappa shape index (κ3) is 4.29. The highest BCUT2D eigenvalue weighted by atomic mass is 32.1. The number of amides is 2. The van der Waals surface area contributed by atoms with Gasteiger partial charge in [0.1, 0.15) is 17.0 Å². The minimum atomic E-state index is -0.413. The van der Waals surface area contributed by atoms with Gasteiger partial charge in [-0.15, -0.1) is 0 Å². The Bertz CT molecular complexity index is 1030. The van der Waals surface area contributed by atoms with Crippen molar-refractivity contribution in [1.82, 2.24) is 15.2 Å². The maximum absolute atomic E-state index is 12.3. The molecule has 0 aliphatic heterocycles. The topological polar surface area (TPSA) is 87.5 Å². The second kappa shape index (κ2) is 7.55. The fourth-order valence-corrected chi connectivity index (χ4v) is 2.69. The van der Waals surface area contributed by atoms with Crippen LogP contribution in [0.2, 0.25) is 0 Å². The molecule has 0 spiro atoms. The van der Waals surface area contributed by atoms with Gasteiger partial charge in [0.05, 0.1) is 5.56 Å². The van der Waals surface area contributed by atoms with Crippen LogP contribution in [0.1, 0.15) is 26.6 Å². The normalized spacial score (nSPS) is 10.5.